The van der Waals surface area contributed by atoms with Crippen molar-refractivity contribution in [2.75, 3.05) is 38.2 Å². The van der Waals surface area contributed by atoms with Crippen LogP contribution in [0.15, 0.2) is 35.3 Å². The van der Waals surface area contributed by atoms with Crippen molar-refractivity contribution in [2.45, 2.75) is 38.5 Å². The number of benzene rings is 1. The van der Waals surface area contributed by atoms with E-state index in [2.05, 4.69) is 40.5 Å². The van der Waals surface area contributed by atoms with E-state index in [1.807, 2.05) is 0 Å². The van der Waals surface area contributed by atoms with Gasteiger partial charge in [0.1, 0.15) is 0 Å². The van der Waals surface area contributed by atoms with E-state index in [0.29, 0.717) is 5.41 Å². The molecular weight excluding hydrogens is 298 g/mol. The van der Waals surface area contributed by atoms with E-state index in [4.69, 9.17) is 9.73 Å². The zero-order valence-electron chi connectivity index (χ0n) is 14.5. The average Bonchev–Trinajstić information content (AvgIpc) is 3.32. The smallest absolute Gasteiger partial charge is 0.198 e. The van der Waals surface area contributed by atoms with Crippen LogP contribution in [0.1, 0.15) is 38.5 Å². The van der Waals surface area contributed by atoms with Crippen molar-refractivity contribution in [3.63, 3.8) is 0 Å². The van der Waals surface area contributed by atoms with Crippen LogP contribution in [0.25, 0.3) is 0 Å². The van der Waals surface area contributed by atoms with Gasteiger partial charge in [0.2, 0.25) is 0 Å². The first-order chi connectivity index (χ1) is 11.9. The lowest BCUT2D eigenvalue weighted by Gasteiger charge is -2.30. The fraction of sp³-hybridized carbons (Fsp3) is 0.650. The van der Waals surface area contributed by atoms with Crippen molar-refractivity contribution in [2.24, 2.45) is 16.3 Å². The first-order valence-electron chi connectivity index (χ1n) is 9.55. The van der Waals surface area contributed by atoms with Gasteiger partial charge in [-0.25, -0.2) is 0 Å². The van der Waals surface area contributed by atoms with E-state index < -0.39 is 0 Å². The Hall–Kier alpha value is -1.55. The van der Waals surface area contributed by atoms with E-state index >= 15 is 0 Å². The SMILES string of the molecule is c1ccc(NC(=NCC2CC23CCOCC3)N2CCCCC2)cc1. The van der Waals surface area contributed by atoms with Crippen LogP contribution < -0.4 is 5.32 Å². The minimum absolute atomic E-state index is 0.557. The largest absolute Gasteiger partial charge is 0.381 e. The van der Waals surface area contributed by atoms with Gasteiger partial charge in [-0.1, -0.05) is 18.2 Å². The standard InChI is InChI=1S/C20H29N3O/c1-3-7-18(8-4-1)22-19(23-11-5-2-6-12-23)21-16-17-15-20(17)9-13-24-14-10-20/h1,3-4,7-8,17H,2,5-6,9-16H2,(H,21,22). The predicted octanol–water partition coefficient (Wildman–Crippen LogP) is 3.76. The zero-order valence-corrected chi connectivity index (χ0v) is 14.5. The Morgan fingerprint density at radius 3 is 2.62 bits per heavy atom. The van der Waals surface area contributed by atoms with E-state index in [1.54, 1.807) is 0 Å². The van der Waals surface area contributed by atoms with Crippen molar-refractivity contribution < 1.29 is 4.74 Å². The Balaban J connectivity index is 1.43. The van der Waals surface area contributed by atoms with E-state index in [9.17, 15) is 0 Å². The number of likely N-dealkylation sites (tertiary alicyclic amines) is 1. The molecule has 3 aliphatic rings. The van der Waals surface area contributed by atoms with Crippen molar-refractivity contribution in [3.8, 4) is 0 Å². The molecule has 4 rings (SSSR count). The molecule has 1 aromatic carbocycles. The summed E-state index contributed by atoms with van der Waals surface area (Å²) < 4.78 is 5.54. The van der Waals surface area contributed by atoms with Crippen LogP contribution in [-0.2, 0) is 4.74 Å². The number of piperidine rings is 1. The Kier molecular flexibility index (Phi) is 4.74. The van der Waals surface area contributed by atoms with Gasteiger partial charge < -0.3 is 15.0 Å². The molecular formula is C20H29N3O. The Morgan fingerprint density at radius 1 is 1.12 bits per heavy atom. The minimum atomic E-state index is 0.557. The molecule has 1 unspecified atom stereocenters. The number of guanidine groups is 1. The number of nitrogens with one attached hydrogen (secondary N) is 1. The molecule has 1 aliphatic carbocycles. The van der Waals surface area contributed by atoms with Crippen LogP contribution in [0.3, 0.4) is 0 Å². The van der Waals surface area contributed by atoms with Crippen LogP contribution in [0.2, 0.25) is 0 Å². The normalized spacial score (nSPS) is 26.4. The van der Waals surface area contributed by atoms with Crippen molar-refractivity contribution in [1.82, 2.24) is 4.90 Å². The van der Waals surface area contributed by atoms with Crippen LogP contribution in [0, 0.1) is 11.3 Å². The maximum atomic E-state index is 5.54. The summed E-state index contributed by atoms with van der Waals surface area (Å²) in [5.41, 5.74) is 1.69. The van der Waals surface area contributed by atoms with Gasteiger partial charge in [-0.3, -0.25) is 4.99 Å². The van der Waals surface area contributed by atoms with Gasteiger partial charge in [-0.05, 0) is 62.0 Å². The maximum Gasteiger partial charge on any atom is 0.198 e. The predicted molar refractivity (Wildman–Crippen MR) is 98.4 cm³/mol. The number of hydrogen-bond donors (Lipinski definition) is 1. The third kappa shape index (κ3) is 3.59. The topological polar surface area (TPSA) is 36.9 Å². The number of rotatable bonds is 3. The highest BCUT2D eigenvalue weighted by molar-refractivity contribution is 5.93. The number of aliphatic imine (C=N–C) groups is 1. The molecule has 130 valence electrons. The number of hydrogen-bond acceptors (Lipinski definition) is 2. The van der Waals surface area contributed by atoms with Gasteiger partial charge >= 0.3 is 0 Å². The van der Waals surface area contributed by atoms with E-state index in [-0.39, 0.29) is 0 Å². The summed E-state index contributed by atoms with van der Waals surface area (Å²) in [5, 5.41) is 3.57. The maximum absolute atomic E-state index is 5.54. The first-order valence-corrected chi connectivity index (χ1v) is 9.55. The second-order valence-electron chi connectivity index (χ2n) is 7.58. The van der Waals surface area contributed by atoms with Crippen molar-refractivity contribution in [3.05, 3.63) is 30.3 Å². The Labute approximate surface area is 145 Å². The van der Waals surface area contributed by atoms with Gasteiger partial charge in [0.15, 0.2) is 5.96 Å². The lowest BCUT2D eigenvalue weighted by Crippen LogP contribution is -2.40. The van der Waals surface area contributed by atoms with Gasteiger partial charge in [0, 0.05) is 38.5 Å². The monoisotopic (exact) mass is 327 g/mol. The Morgan fingerprint density at radius 2 is 1.88 bits per heavy atom. The van der Waals surface area contributed by atoms with E-state index in [0.717, 1.165) is 50.4 Å². The molecule has 2 aliphatic heterocycles. The fourth-order valence-corrected chi connectivity index (χ4v) is 4.25. The molecule has 4 heteroatoms. The van der Waals surface area contributed by atoms with Gasteiger partial charge in [0.05, 0.1) is 0 Å². The molecule has 0 bridgehead atoms. The summed E-state index contributed by atoms with van der Waals surface area (Å²) in [5.74, 6) is 1.84. The summed E-state index contributed by atoms with van der Waals surface area (Å²) >= 11 is 0. The third-order valence-corrected chi connectivity index (χ3v) is 5.99. The molecule has 3 fully saturated rings. The highest BCUT2D eigenvalue weighted by atomic mass is 16.5. The molecule has 2 saturated heterocycles. The summed E-state index contributed by atoms with van der Waals surface area (Å²) in [6, 6.07) is 10.5. The number of ether oxygens (including phenoxy) is 1. The minimum Gasteiger partial charge on any atom is -0.381 e. The highest BCUT2D eigenvalue weighted by Gasteiger charge is 2.53. The van der Waals surface area contributed by atoms with Crippen molar-refractivity contribution in [1.29, 1.82) is 0 Å². The van der Waals surface area contributed by atoms with Gasteiger partial charge in [-0.15, -0.1) is 0 Å². The highest BCUT2D eigenvalue weighted by Crippen LogP contribution is 2.59. The van der Waals surface area contributed by atoms with Gasteiger partial charge in [0.25, 0.3) is 0 Å². The lowest BCUT2D eigenvalue weighted by atomic mass is 9.94. The van der Waals surface area contributed by atoms with E-state index in [1.165, 1.54) is 38.5 Å². The lowest BCUT2D eigenvalue weighted by molar-refractivity contribution is 0.0525. The molecule has 1 atom stereocenters. The second-order valence-corrected chi connectivity index (χ2v) is 7.58. The molecule has 0 aromatic heterocycles. The molecule has 2 heterocycles. The Bertz CT molecular complexity index is 560. The third-order valence-electron chi connectivity index (χ3n) is 5.99. The van der Waals surface area contributed by atoms with Crippen molar-refractivity contribution >= 4 is 11.6 Å². The van der Waals surface area contributed by atoms with Gasteiger partial charge in [-0.2, -0.15) is 0 Å². The summed E-state index contributed by atoms with van der Waals surface area (Å²) in [6.07, 6.45) is 7.72. The number of para-hydroxylation sites is 1. The summed E-state index contributed by atoms with van der Waals surface area (Å²) in [4.78, 5) is 7.48. The van der Waals surface area contributed by atoms with Crippen LogP contribution in [0.4, 0.5) is 5.69 Å². The average molecular weight is 327 g/mol. The molecule has 4 nitrogen and oxygen atoms in total. The molecule has 1 saturated carbocycles. The first kappa shape index (κ1) is 15.9. The summed E-state index contributed by atoms with van der Waals surface area (Å²) in [7, 11) is 0. The quantitative estimate of drug-likeness (QED) is 0.678. The molecule has 0 radical (unpaired) electrons. The zero-order chi connectivity index (χ0) is 16.2. The molecule has 1 spiro atoms. The fourth-order valence-electron chi connectivity index (χ4n) is 4.25. The second kappa shape index (κ2) is 7.14. The number of anilines is 1. The molecule has 0 amide bonds. The molecule has 24 heavy (non-hydrogen) atoms. The molecule has 1 aromatic rings. The van der Waals surface area contributed by atoms with Crippen LogP contribution in [0.5, 0.6) is 0 Å². The summed E-state index contributed by atoms with van der Waals surface area (Å²) in [6.45, 7) is 5.11. The van der Waals surface area contributed by atoms with Crippen LogP contribution >= 0.6 is 0 Å². The molecule has 1 N–H and O–H groups in total. The number of nitrogens with zero attached hydrogens (tertiary/aromatic N) is 2. The van der Waals surface area contributed by atoms with Crippen LogP contribution in [-0.4, -0.2) is 43.7 Å².